The van der Waals surface area contributed by atoms with Gasteiger partial charge in [0.15, 0.2) is 18.9 Å². The lowest BCUT2D eigenvalue weighted by Crippen LogP contribution is -2.62. The van der Waals surface area contributed by atoms with E-state index in [0.29, 0.717) is 0 Å². The second-order valence-electron chi connectivity index (χ2n) is 6.99. The zero-order valence-electron chi connectivity index (χ0n) is 14.7. The van der Waals surface area contributed by atoms with Gasteiger partial charge in [0, 0.05) is 0 Å². The Hall–Kier alpha value is -0.520. The van der Waals surface area contributed by atoms with E-state index in [0.717, 1.165) is 0 Å². The maximum atomic E-state index is 10.5. The van der Waals surface area contributed by atoms with Crippen LogP contribution in [0.2, 0.25) is 0 Å². The maximum absolute atomic E-state index is 10.5. The standard InChI is InChI=1S/C15H26O13/c16-4-1-25-14(10(21)7(4)18)27-6-3-24-13(23)12(9(6)20)28-15-11(22)8(19)5(17)2-26-15/h4-23H,1-3H2/t4-,5-,6-,7+,8+,9+,10-,11-,12-,13+,14+,15-/m1/s1. The van der Waals surface area contributed by atoms with E-state index in [1.165, 1.54) is 0 Å². The monoisotopic (exact) mass is 414 g/mol. The van der Waals surface area contributed by atoms with Gasteiger partial charge in [0.2, 0.25) is 0 Å². The molecule has 0 radical (unpaired) electrons. The van der Waals surface area contributed by atoms with Crippen molar-refractivity contribution in [1.29, 1.82) is 0 Å². The molecule has 3 rings (SSSR count). The molecule has 3 fully saturated rings. The van der Waals surface area contributed by atoms with Crippen LogP contribution >= 0.6 is 0 Å². The van der Waals surface area contributed by atoms with Crippen LogP contribution < -0.4 is 0 Å². The van der Waals surface area contributed by atoms with Crippen LogP contribution in [0.5, 0.6) is 0 Å². The average molecular weight is 414 g/mol. The van der Waals surface area contributed by atoms with Crippen molar-refractivity contribution in [1.82, 2.24) is 0 Å². The maximum Gasteiger partial charge on any atom is 0.186 e. The molecular formula is C15H26O13. The summed E-state index contributed by atoms with van der Waals surface area (Å²) >= 11 is 0. The lowest BCUT2D eigenvalue weighted by Gasteiger charge is -2.43. The van der Waals surface area contributed by atoms with Gasteiger partial charge in [-0.3, -0.25) is 0 Å². The van der Waals surface area contributed by atoms with E-state index in [2.05, 4.69) is 0 Å². The second-order valence-corrected chi connectivity index (χ2v) is 6.99. The van der Waals surface area contributed by atoms with Gasteiger partial charge in [0.1, 0.15) is 54.9 Å². The predicted octanol–water partition coefficient (Wildman–Crippen LogP) is -5.66. The van der Waals surface area contributed by atoms with Crippen molar-refractivity contribution in [2.75, 3.05) is 19.8 Å². The summed E-state index contributed by atoms with van der Waals surface area (Å²) < 4.78 is 26.0. The summed E-state index contributed by atoms with van der Waals surface area (Å²) in [4.78, 5) is 0. The summed E-state index contributed by atoms with van der Waals surface area (Å²) in [5.74, 6) is 0. The van der Waals surface area contributed by atoms with E-state index in [4.69, 9.17) is 23.7 Å². The SMILES string of the molecule is O[C@@H]1[C@@H](O)[C@@H](O[C@@H]2[C@@H](O)[C@H](O[C@@H]3OC[C@@H](O)[C@H](O)[C@H]3O)CO[C@@H]2O)OC[C@H]1O. The van der Waals surface area contributed by atoms with Crippen molar-refractivity contribution in [2.24, 2.45) is 0 Å². The van der Waals surface area contributed by atoms with E-state index < -0.39 is 73.8 Å². The van der Waals surface area contributed by atoms with Crippen LogP contribution in [-0.4, -0.2) is 134 Å². The van der Waals surface area contributed by atoms with Gasteiger partial charge in [-0.2, -0.15) is 0 Å². The quantitative estimate of drug-likeness (QED) is 0.216. The molecule has 8 N–H and O–H groups in total. The van der Waals surface area contributed by atoms with Gasteiger partial charge in [0.05, 0.1) is 19.8 Å². The van der Waals surface area contributed by atoms with Gasteiger partial charge in [-0.25, -0.2) is 0 Å². The highest BCUT2D eigenvalue weighted by atomic mass is 16.7. The van der Waals surface area contributed by atoms with Gasteiger partial charge < -0.3 is 64.5 Å². The molecule has 3 saturated heterocycles. The molecule has 0 unspecified atom stereocenters. The van der Waals surface area contributed by atoms with Crippen LogP contribution in [0.3, 0.4) is 0 Å². The normalized spacial score (nSPS) is 53.1. The lowest BCUT2D eigenvalue weighted by molar-refractivity contribution is -0.356. The van der Waals surface area contributed by atoms with Crippen molar-refractivity contribution in [3.63, 3.8) is 0 Å². The van der Waals surface area contributed by atoms with Crippen LogP contribution in [0, 0.1) is 0 Å². The molecule has 0 aliphatic carbocycles. The highest BCUT2D eigenvalue weighted by molar-refractivity contribution is 4.90. The lowest BCUT2D eigenvalue weighted by atomic mass is 10.0. The van der Waals surface area contributed by atoms with E-state index in [9.17, 15) is 40.9 Å². The Morgan fingerprint density at radius 2 is 1.04 bits per heavy atom. The van der Waals surface area contributed by atoms with Crippen molar-refractivity contribution >= 4 is 0 Å². The average Bonchev–Trinajstić information content (AvgIpc) is 2.67. The third kappa shape index (κ3) is 4.46. The fourth-order valence-corrected chi connectivity index (χ4v) is 3.16. The van der Waals surface area contributed by atoms with E-state index in [1.807, 2.05) is 0 Å². The predicted molar refractivity (Wildman–Crippen MR) is 83.2 cm³/mol. The van der Waals surface area contributed by atoms with E-state index in [-0.39, 0.29) is 19.8 Å². The number of hydrogen-bond acceptors (Lipinski definition) is 13. The fourth-order valence-electron chi connectivity index (χ4n) is 3.16. The summed E-state index contributed by atoms with van der Waals surface area (Å²) in [6.45, 7) is -0.967. The van der Waals surface area contributed by atoms with Gasteiger partial charge in [-0.15, -0.1) is 0 Å². The zero-order valence-corrected chi connectivity index (χ0v) is 14.7. The Morgan fingerprint density at radius 3 is 1.57 bits per heavy atom. The number of rotatable bonds is 4. The van der Waals surface area contributed by atoms with Crippen molar-refractivity contribution in [3.05, 3.63) is 0 Å². The molecule has 3 heterocycles. The largest absolute Gasteiger partial charge is 0.388 e. The molecule has 28 heavy (non-hydrogen) atoms. The first-order valence-electron chi connectivity index (χ1n) is 8.81. The molecule has 13 nitrogen and oxygen atoms in total. The first-order chi connectivity index (χ1) is 13.2. The Kier molecular flexibility index (Phi) is 7.20. The minimum atomic E-state index is -1.65. The molecule has 0 spiro atoms. The van der Waals surface area contributed by atoms with Crippen LogP contribution in [0.15, 0.2) is 0 Å². The first-order valence-corrected chi connectivity index (χ1v) is 8.81. The number of ether oxygens (including phenoxy) is 5. The van der Waals surface area contributed by atoms with Gasteiger partial charge in [0.25, 0.3) is 0 Å². The van der Waals surface area contributed by atoms with Gasteiger partial charge in [-0.1, -0.05) is 0 Å². The number of hydrogen-bond donors (Lipinski definition) is 8. The van der Waals surface area contributed by atoms with Crippen LogP contribution in [0.1, 0.15) is 0 Å². The topological polar surface area (TPSA) is 208 Å². The van der Waals surface area contributed by atoms with E-state index >= 15 is 0 Å². The number of aliphatic hydroxyl groups excluding tert-OH is 8. The van der Waals surface area contributed by atoms with Crippen molar-refractivity contribution in [2.45, 2.75) is 73.8 Å². The fraction of sp³-hybridized carbons (Fsp3) is 1.00. The Morgan fingerprint density at radius 1 is 0.536 bits per heavy atom. The van der Waals surface area contributed by atoms with Crippen LogP contribution in [0.4, 0.5) is 0 Å². The third-order valence-corrected chi connectivity index (χ3v) is 4.94. The molecule has 0 bridgehead atoms. The molecule has 164 valence electrons. The highest BCUT2D eigenvalue weighted by Crippen LogP contribution is 2.27. The summed E-state index contributed by atoms with van der Waals surface area (Å²) in [5, 5.41) is 78.6. The molecule has 0 saturated carbocycles. The third-order valence-electron chi connectivity index (χ3n) is 4.94. The molecule has 13 heteroatoms. The second kappa shape index (κ2) is 9.09. The van der Waals surface area contributed by atoms with Crippen molar-refractivity contribution < 1.29 is 64.5 Å². The summed E-state index contributed by atoms with van der Waals surface area (Å²) in [6, 6.07) is 0. The molecule has 0 aromatic rings. The molecule has 3 aliphatic heterocycles. The smallest absolute Gasteiger partial charge is 0.186 e. The summed E-state index contributed by atoms with van der Waals surface area (Å²) in [6.07, 6.45) is -17.6. The van der Waals surface area contributed by atoms with Crippen LogP contribution in [0.25, 0.3) is 0 Å². The Labute approximate surface area is 159 Å². The molecule has 0 amide bonds. The van der Waals surface area contributed by atoms with Gasteiger partial charge in [-0.05, 0) is 0 Å². The Bertz CT molecular complexity index is 508. The first kappa shape index (κ1) is 22.2. The van der Waals surface area contributed by atoms with E-state index in [1.54, 1.807) is 0 Å². The summed E-state index contributed by atoms with van der Waals surface area (Å²) in [7, 11) is 0. The minimum absolute atomic E-state index is 0.308. The molecule has 0 aromatic heterocycles. The molecule has 3 aliphatic rings. The minimum Gasteiger partial charge on any atom is -0.388 e. The van der Waals surface area contributed by atoms with Crippen LogP contribution in [-0.2, 0) is 23.7 Å². The molecular weight excluding hydrogens is 388 g/mol. The summed E-state index contributed by atoms with van der Waals surface area (Å²) in [5.41, 5.74) is 0. The van der Waals surface area contributed by atoms with Crippen molar-refractivity contribution in [3.8, 4) is 0 Å². The molecule has 0 aromatic carbocycles. The molecule has 12 atom stereocenters. The van der Waals surface area contributed by atoms with Gasteiger partial charge >= 0.3 is 0 Å². The number of aliphatic hydroxyl groups is 8. The zero-order chi connectivity index (χ0) is 20.6. The highest BCUT2D eigenvalue weighted by Gasteiger charge is 2.48. The Balaban J connectivity index is 1.62.